The van der Waals surface area contributed by atoms with Gasteiger partial charge in [-0.05, 0) is 0 Å². The van der Waals surface area contributed by atoms with E-state index in [0.29, 0.717) is 0 Å². The van der Waals surface area contributed by atoms with Gasteiger partial charge in [-0.15, -0.1) is 0 Å². The molecule has 3 unspecified atom stereocenters. The Morgan fingerprint density at radius 1 is 1.43 bits per heavy atom. The van der Waals surface area contributed by atoms with Crippen molar-refractivity contribution in [3.05, 3.63) is 35.4 Å². The number of nitrogens with zero attached hydrogens (tertiary/aromatic N) is 1. The molecule has 0 radical (unpaired) electrons. The zero-order valence-corrected chi connectivity index (χ0v) is 11.0. The van der Waals surface area contributed by atoms with E-state index in [2.05, 4.69) is 5.32 Å². The Morgan fingerprint density at radius 3 is 2.67 bits per heavy atom. The van der Waals surface area contributed by atoms with Crippen LogP contribution in [0.3, 0.4) is 0 Å². The summed E-state index contributed by atoms with van der Waals surface area (Å²) in [5, 5.41) is 35.4. The highest BCUT2D eigenvalue weighted by Crippen LogP contribution is 2.46. The summed E-state index contributed by atoms with van der Waals surface area (Å²) in [5.74, 6) is -2.81. The molecule has 1 aromatic rings. The molecule has 3 atom stereocenters. The summed E-state index contributed by atoms with van der Waals surface area (Å²) < 4.78 is 0.952. The lowest BCUT2D eigenvalue weighted by atomic mass is 9.81. The number of carbonyl (C=O) groups excluding carboxylic acids is 2. The van der Waals surface area contributed by atoms with Crippen molar-refractivity contribution in [2.24, 2.45) is 5.73 Å². The Kier molecular flexibility index (Phi) is 2.45. The van der Waals surface area contributed by atoms with Crippen molar-refractivity contribution in [2.75, 3.05) is 7.05 Å². The molecule has 0 bridgehead atoms. The Balaban J connectivity index is 2.35. The minimum Gasteiger partial charge on any atom is -0.546 e. The number of carboxylic acid groups (broad SMARTS) is 1. The molecule has 0 spiro atoms. The smallest absolute Gasteiger partial charge is 0.346 e. The third-order valence-corrected chi connectivity index (χ3v) is 4.15. The monoisotopic (exact) mass is 291 g/mol. The third kappa shape index (κ3) is 1.33. The van der Waals surface area contributed by atoms with Gasteiger partial charge in [-0.3, -0.25) is 15.1 Å². The summed E-state index contributed by atoms with van der Waals surface area (Å²) in [6, 6.07) is 4.09. The molecule has 8 heteroatoms. The SMILES string of the molecule is C[N+]1=C(N)NC2(O)c3ccccc3C(=O)C2(O)C1C(=O)[O-]. The van der Waals surface area contributed by atoms with Gasteiger partial charge in [0.15, 0.2) is 6.04 Å². The molecule has 1 aliphatic heterocycles. The molecule has 110 valence electrons. The Hall–Kier alpha value is -2.45. The maximum atomic E-state index is 12.5. The minimum absolute atomic E-state index is 0.0318. The number of benzene rings is 1. The van der Waals surface area contributed by atoms with Gasteiger partial charge < -0.3 is 20.1 Å². The van der Waals surface area contributed by atoms with E-state index in [4.69, 9.17) is 5.73 Å². The van der Waals surface area contributed by atoms with Crippen molar-refractivity contribution in [3.8, 4) is 0 Å². The average molecular weight is 291 g/mol. The fraction of sp³-hybridized carbons (Fsp3) is 0.308. The summed E-state index contributed by atoms with van der Waals surface area (Å²) in [4.78, 5) is 23.9. The molecule has 0 fully saturated rings. The van der Waals surface area contributed by atoms with Crippen LogP contribution in [-0.2, 0) is 10.5 Å². The number of hydrogen-bond donors (Lipinski definition) is 4. The van der Waals surface area contributed by atoms with E-state index in [9.17, 15) is 24.9 Å². The number of carboxylic acids is 1. The second-order valence-electron chi connectivity index (χ2n) is 5.19. The lowest BCUT2D eigenvalue weighted by molar-refractivity contribution is -0.572. The van der Waals surface area contributed by atoms with E-state index in [-0.39, 0.29) is 17.1 Å². The number of aliphatic hydroxyl groups is 2. The van der Waals surface area contributed by atoms with Crippen LogP contribution in [-0.4, -0.2) is 51.2 Å². The molecule has 1 heterocycles. The van der Waals surface area contributed by atoms with Crippen molar-refractivity contribution >= 4 is 17.7 Å². The van der Waals surface area contributed by atoms with Gasteiger partial charge in [0.2, 0.25) is 11.4 Å². The first-order valence-electron chi connectivity index (χ1n) is 6.18. The molecule has 1 aliphatic carbocycles. The Morgan fingerprint density at radius 2 is 2.05 bits per heavy atom. The Bertz CT molecular complexity index is 716. The normalized spacial score (nSPS) is 34.2. The fourth-order valence-corrected chi connectivity index (χ4v) is 3.08. The first kappa shape index (κ1) is 13.5. The summed E-state index contributed by atoms with van der Waals surface area (Å²) in [7, 11) is 1.27. The topological polar surface area (TPSA) is 139 Å². The largest absolute Gasteiger partial charge is 0.546 e. The number of fused-ring (bicyclic) bond motifs is 3. The van der Waals surface area contributed by atoms with Gasteiger partial charge in [0.1, 0.15) is 0 Å². The first-order chi connectivity index (χ1) is 9.75. The van der Waals surface area contributed by atoms with Gasteiger partial charge in [-0.25, -0.2) is 5.32 Å². The lowest BCUT2D eigenvalue weighted by Crippen LogP contribution is -2.78. The van der Waals surface area contributed by atoms with Gasteiger partial charge in [0, 0.05) is 11.1 Å². The van der Waals surface area contributed by atoms with Crippen LogP contribution in [0.4, 0.5) is 0 Å². The zero-order chi connectivity index (χ0) is 15.6. The van der Waals surface area contributed by atoms with Crippen LogP contribution in [0.5, 0.6) is 0 Å². The quantitative estimate of drug-likeness (QED) is 0.393. The minimum atomic E-state index is -2.65. The molecule has 0 saturated heterocycles. The van der Waals surface area contributed by atoms with E-state index >= 15 is 0 Å². The molecule has 8 nitrogen and oxygen atoms in total. The molecule has 5 N–H and O–H groups in total. The molecule has 21 heavy (non-hydrogen) atoms. The van der Waals surface area contributed by atoms with Crippen LogP contribution in [0.25, 0.3) is 0 Å². The lowest BCUT2D eigenvalue weighted by Gasteiger charge is -2.43. The van der Waals surface area contributed by atoms with E-state index in [0.717, 1.165) is 4.58 Å². The molecule has 1 aromatic carbocycles. The first-order valence-corrected chi connectivity index (χ1v) is 6.18. The number of aliphatic carboxylic acids is 1. The van der Waals surface area contributed by atoms with Crippen LogP contribution in [0.2, 0.25) is 0 Å². The second kappa shape index (κ2) is 3.80. The van der Waals surface area contributed by atoms with E-state index in [1.165, 1.54) is 19.2 Å². The van der Waals surface area contributed by atoms with Crippen LogP contribution in [0.1, 0.15) is 15.9 Å². The summed E-state index contributed by atoms with van der Waals surface area (Å²) in [6.07, 6.45) is 0. The number of rotatable bonds is 1. The predicted molar refractivity (Wildman–Crippen MR) is 66.9 cm³/mol. The summed E-state index contributed by atoms with van der Waals surface area (Å²) >= 11 is 0. The number of guanidine groups is 1. The number of Topliss-reactive ketones (excluding diaryl/α,β-unsaturated/α-hetero) is 1. The number of likely N-dealkylation sites (N-methyl/N-ethyl adjacent to an activating group) is 1. The molecule has 0 aromatic heterocycles. The highest BCUT2D eigenvalue weighted by atomic mass is 16.4. The van der Waals surface area contributed by atoms with Crippen molar-refractivity contribution in [1.29, 1.82) is 0 Å². The predicted octanol–water partition coefficient (Wildman–Crippen LogP) is -3.56. The van der Waals surface area contributed by atoms with Crippen molar-refractivity contribution in [3.63, 3.8) is 0 Å². The van der Waals surface area contributed by atoms with Gasteiger partial charge >= 0.3 is 5.96 Å². The molecule has 0 amide bonds. The van der Waals surface area contributed by atoms with Gasteiger partial charge in [-0.2, -0.15) is 0 Å². The van der Waals surface area contributed by atoms with E-state index in [1.54, 1.807) is 12.1 Å². The number of ketones is 1. The number of carbonyl (C=O) groups is 2. The Labute approximate surface area is 119 Å². The van der Waals surface area contributed by atoms with Crippen LogP contribution >= 0.6 is 0 Å². The molecular weight excluding hydrogens is 278 g/mol. The number of nitrogens with two attached hydrogens (primary N) is 1. The summed E-state index contributed by atoms with van der Waals surface area (Å²) in [6.45, 7) is 0. The number of nitrogens with one attached hydrogen (secondary N) is 1. The molecule has 0 saturated carbocycles. The molecule has 2 aliphatic rings. The van der Waals surface area contributed by atoms with E-state index < -0.39 is 29.1 Å². The van der Waals surface area contributed by atoms with Gasteiger partial charge in [0.25, 0.3) is 5.72 Å². The highest BCUT2D eigenvalue weighted by Gasteiger charge is 2.72. The standard InChI is InChI=1S/C13H13N3O5/c1-16-8(10(18)19)12(20)9(17)6-4-2-3-5-7(6)13(12,21)15-11(16)14/h2-5,8,20-21H,1H3,(H3,14,15,18,19). The van der Waals surface area contributed by atoms with Crippen molar-refractivity contribution in [1.82, 2.24) is 5.32 Å². The highest BCUT2D eigenvalue weighted by molar-refractivity contribution is 6.11. The van der Waals surface area contributed by atoms with Crippen LogP contribution in [0, 0.1) is 0 Å². The fourth-order valence-electron chi connectivity index (χ4n) is 3.08. The van der Waals surface area contributed by atoms with Crippen molar-refractivity contribution in [2.45, 2.75) is 17.4 Å². The molecule has 3 rings (SSSR count). The summed E-state index contributed by atoms with van der Waals surface area (Å²) in [5.41, 5.74) is 0.791. The number of hydrogen-bond acceptors (Lipinski definition) is 7. The second-order valence-corrected chi connectivity index (χ2v) is 5.19. The van der Waals surface area contributed by atoms with Crippen molar-refractivity contribution < 1.29 is 29.5 Å². The third-order valence-electron chi connectivity index (χ3n) is 4.15. The maximum absolute atomic E-state index is 12.5. The van der Waals surface area contributed by atoms with Gasteiger partial charge in [0.05, 0.1) is 13.0 Å². The average Bonchev–Trinajstić information content (AvgIpc) is 2.59. The van der Waals surface area contributed by atoms with Crippen LogP contribution in [0.15, 0.2) is 24.3 Å². The van der Waals surface area contributed by atoms with Gasteiger partial charge in [-0.1, -0.05) is 24.3 Å². The maximum Gasteiger partial charge on any atom is 0.346 e. The van der Waals surface area contributed by atoms with Crippen LogP contribution < -0.4 is 16.2 Å². The molecular formula is C13H13N3O5. The van der Waals surface area contributed by atoms with E-state index in [1.807, 2.05) is 0 Å². The zero-order valence-electron chi connectivity index (χ0n) is 11.0.